The van der Waals surface area contributed by atoms with E-state index in [4.69, 9.17) is 23.2 Å². The smallest absolute Gasteiger partial charge is 0.307 e. The number of hydrogen-bond donors (Lipinski definition) is 0. The summed E-state index contributed by atoms with van der Waals surface area (Å²) in [6.45, 7) is 0. The minimum absolute atomic E-state index is 0.0683. The third-order valence-electron chi connectivity index (χ3n) is 0.730. The van der Waals surface area contributed by atoms with Gasteiger partial charge >= 0.3 is 5.97 Å². The van der Waals surface area contributed by atoms with Crippen LogP contribution in [0, 0.1) is 0 Å². The van der Waals surface area contributed by atoms with E-state index in [9.17, 15) is 4.79 Å². The Balaban J connectivity index is 3.06. The molecule has 0 spiro atoms. The second-order valence-corrected chi connectivity index (χ2v) is 2.01. The molecule has 0 atom stereocenters. The van der Waals surface area contributed by atoms with E-state index in [-0.39, 0.29) is 12.0 Å². The van der Waals surface area contributed by atoms with Crippen molar-refractivity contribution >= 4 is 29.2 Å². The van der Waals surface area contributed by atoms with Crippen molar-refractivity contribution < 1.29 is 9.53 Å². The van der Waals surface area contributed by atoms with Gasteiger partial charge in [0.15, 0.2) is 6.07 Å². The zero-order chi connectivity index (χ0) is 7.11. The molecule has 0 aliphatic carbocycles. The molecule has 0 saturated heterocycles. The summed E-state index contributed by atoms with van der Waals surface area (Å²) < 4.78 is 4.41. The Morgan fingerprint density at radius 2 is 2.11 bits per heavy atom. The molecule has 0 saturated carbocycles. The monoisotopic (exact) mass is 170 g/mol. The first-order valence-electron chi connectivity index (χ1n) is 2.58. The quantitative estimate of drug-likeness (QED) is 0.475. The van der Waals surface area contributed by atoms with E-state index in [2.05, 4.69) is 4.74 Å². The predicted molar refractivity (Wildman–Crippen MR) is 36.8 cm³/mol. The van der Waals surface area contributed by atoms with Gasteiger partial charge in [0, 0.05) is 12.3 Å². The molecule has 0 aliphatic heterocycles. The summed E-state index contributed by atoms with van der Waals surface area (Å²) in [7, 11) is 0. The summed E-state index contributed by atoms with van der Waals surface area (Å²) in [4.78, 5) is 10.4. The molecule has 0 aliphatic rings. The summed E-state index contributed by atoms with van der Waals surface area (Å²) in [6, 6.07) is -0.0683. The Hall–Kier alpha value is 0.0500. The number of ether oxygens (including phenoxy) is 1. The van der Waals surface area contributed by atoms with Gasteiger partial charge in [-0.3, -0.25) is 4.79 Å². The van der Waals surface area contributed by atoms with Crippen LogP contribution in [0.15, 0.2) is 0 Å². The van der Waals surface area contributed by atoms with Crippen LogP contribution in [0.5, 0.6) is 0 Å². The van der Waals surface area contributed by atoms with Gasteiger partial charge in [-0.05, 0) is 6.42 Å². The van der Waals surface area contributed by atoms with Crippen molar-refractivity contribution in [2.24, 2.45) is 0 Å². The molecular weight excluding hydrogens is 163 g/mol. The zero-order valence-electron chi connectivity index (χ0n) is 4.90. The summed E-state index contributed by atoms with van der Waals surface area (Å²) in [6.07, 6.45) is 1.01. The number of carbonyl (C=O) groups excluding carboxylic acids is 1. The SMILES string of the molecule is O=C(CCCCl)OCCl. The Labute approximate surface area is 64.1 Å². The molecule has 0 aromatic heterocycles. The van der Waals surface area contributed by atoms with Crippen LogP contribution in [-0.2, 0) is 9.53 Å². The summed E-state index contributed by atoms with van der Waals surface area (Å²) in [5.74, 6) is 0.197. The molecule has 0 fully saturated rings. The highest BCUT2D eigenvalue weighted by Crippen LogP contribution is 1.94. The van der Waals surface area contributed by atoms with Crippen LogP contribution in [-0.4, -0.2) is 17.9 Å². The largest absolute Gasteiger partial charge is 0.449 e. The van der Waals surface area contributed by atoms with E-state index in [1.807, 2.05) is 0 Å². The van der Waals surface area contributed by atoms with E-state index in [0.29, 0.717) is 18.7 Å². The number of hydrogen-bond acceptors (Lipinski definition) is 2. The van der Waals surface area contributed by atoms with Gasteiger partial charge in [-0.25, -0.2) is 0 Å². The molecule has 4 heteroatoms. The lowest BCUT2D eigenvalue weighted by Crippen LogP contribution is -2.02. The fourth-order valence-electron chi connectivity index (χ4n) is 0.344. The molecule has 2 nitrogen and oxygen atoms in total. The van der Waals surface area contributed by atoms with Crippen LogP contribution in [0.4, 0.5) is 0 Å². The number of alkyl halides is 2. The van der Waals surface area contributed by atoms with E-state index in [1.54, 1.807) is 0 Å². The Morgan fingerprint density at radius 1 is 1.44 bits per heavy atom. The molecule has 0 aromatic carbocycles. The highest BCUT2D eigenvalue weighted by molar-refractivity contribution is 6.18. The van der Waals surface area contributed by atoms with Gasteiger partial charge in [-0.1, -0.05) is 11.6 Å². The van der Waals surface area contributed by atoms with Crippen molar-refractivity contribution in [3.63, 3.8) is 0 Å². The topological polar surface area (TPSA) is 26.3 Å². The van der Waals surface area contributed by atoms with Crippen molar-refractivity contribution in [2.75, 3.05) is 11.9 Å². The second kappa shape index (κ2) is 6.17. The van der Waals surface area contributed by atoms with Gasteiger partial charge in [-0.2, -0.15) is 0 Å². The minimum Gasteiger partial charge on any atom is -0.449 e. The predicted octanol–water partition coefficient (Wildman–Crippen LogP) is 1.74. The maximum absolute atomic E-state index is 10.4. The van der Waals surface area contributed by atoms with E-state index in [0.717, 1.165) is 0 Å². The average molecular weight is 171 g/mol. The summed E-state index contributed by atoms with van der Waals surface area (Å²) >= 11 is 10.4. The van der Waals surface area contributed by atoms with Gasteiger partial charge in [-0.15, -0.1) is 11.6 Å². The molecule has 0 radical (unpaired) electrons. The van der Waals surface area contributed by atoms with Crippen molar-refractivity contribution in [3.8, 4) is 0 Å². The van der Waals surface area contributed by atoms with Crippen molar-refractivity contribution in [1.82, 2.24) is 0 Å². The fourth-order valence-corrected chi connectivity index (χ4v) is 0.599. The molecule has 54 valence electrons. The third kappa shape index (κ3) is 5.93. The second-order valence-electron chi connectivity index (χ2n) is 1.42. The highest BCUT2D eigenvalue weighted by Gasteiger charge is 1.98. The molecule has 0 heterocycles. The van der Waals surface area contributed by atoms with Gasteiger partial charge in [0.2, 0.25) is 0 Å². The lowest BCUT2D eigenvalue weighted by atomic mass is 10.3. The number of rotatable bonds is 4. The van der Waals surface area contributed by atoms with Gasteiger partial charge in [0.25, 0.3) is 0 Å². The first kappa shape index (κ1) is 9.05. The molecular formula is C5H8Cl2O2. The third-order valence-corrected chi connectivity index (χ3v) is 1.11. The first-order valence-corrected chi connectivity index (χ1v) is 3.65. The van der Waals surface area contributed by atoms with Gasteiger partial charge in [0.1, 0.15) is 0 Å². The lowest BCUT2D eigenvalue weighted by Gasteiger charge is -1.96. The first-order chi connectivity index (χ1) is 4.31. The summed E-state index contributed by atoms with van der Waals surface area (Å²) in [5.41, 5.74) is 0. The van der Waals surface area contributed by atoms with Crippen molar-refractivity contribution in [3.05, 3.63) is 0 Å². The molecule has 0 unspecified atom stereocenters. The van der Waals surface area contributed by atoms with E-state index in [1.165, 1.54) is 0 Å². The van der Waals surface area contributed by atoms with Gasteiger partial charge < -0.3 is 4.74 Å². The molecule has 0 N–H and O–H groups in total. The Bertz CT molecular complexity index is 85.0. The zero-order valence-corrected chi connectivity index (χ0v) is 6.41. The van der Waals surface area contributed by atoms with Crippen molar-refractivity contribution in [2.45, 2.75) is 12.8 Å². The molecule has 0 aromatic rings. The van der Waals surface area contributed by atoms with Gasteiger partial charge in [0.05, 0.1) is 0 Å². The van der Waals surface area contributed by atoms with E-state index < -0.39 is 0 Å². The molecule has 0 bridgehead atoms. The molecule has 9 heavy (non-hydrogen) atoms. The Morgan fingerprint density at radius 3 is 2.56 bits per heavy atom. The molecule has 0 rings (SSSR count). The number of halogens is 2. The summed E-state index contributed by atoms with van der Waals surface area (Å²) in [5, 5.41) is 0. The standard InChI is InChI=1S/C5H8Cl2O2/c6-3-1-2-5(8)9-4-7/h1-4H2. The maximum atomic E-state index is 10.4. The molecule has 0 amide bonds. The normalized spacial score (nSPS) is 9.11. The van der Waals surface area contributed by atoms with Crippen LogP contribution < -0.4 is 0 Å². The number of esters is 1. The average Bonchev–Trinajstić information content (AvgIpc) is 1.85. The number of carbonyl (C=O) groups is 1. The lowest BCUT2D eigenvalue weighted by molar-refractivity contribution is -0.141. The van der Waals surface area contributed by atoms with E-state index >= 15 is 0 Å². The van der Waals surface area contributed by atoms with Crippen LogP contribution in [0.25, 0.3) is 0 Å². The van der Waals surface area contributed by atoms with Crippen LogP contribution in [0.3, 0.4) is 0 Å². The highest BCUT2D eigenvalue weighted by atomic mass is 35.5. The van der Waals surface area contributed by atoms with Crippen molar-refractivity contribution in [1.29, 1.82) is 0 Å². The Kier molecular flexibility index (Phi) is 6.21. The van der Waals surface area contributed by atoms with Crippen LogP contribution in [0.2, 0.25) is 0 Å². The van der Waals surface area contributed by atoms with Crippen LogP contribution in [0.1, 0.15) is 12.8 Å². The fraction of sp³-hybridized carbons (Fsp3) is 0.800. The maximum Gasteiger partial charge on any atom is 0.307 e. The van der Waals surface area contributed by atoms with Crippen LogP contribution >= 0.6 is 23.2 Å². The minimum atomic E-state index is -0.286.